The highest BCUT2D eigenvalue weighted by Crippen LogP contribution is 2.34. The fourth-order valence-electron chi connectivity index (χ4n) is 1.73. The van der Waals surface area contributed by atoms with Crippen molar-refractivity contribution in [3.05, 3.63) is 58.1 Å². The van der Waals surface area contributed by atoms with Gasteiger partial charge in [-0.05, 0) is 29.8 Å². The average Bonchev–Trinajstić information content (AvgIpc) is 2.45. The number of nitrogens with one attached hydrogen (secondary N) is 1. The summed E-state index contributed by atoms with van der Waals surface area (Å²) < 4.78 is 5.31. The molecule has 2 rings (SSSR count). The topological polar surface area (TPSA) is 21.3 Å². The number of benzene rings is 2. The zero-order valence-corrected chi connectivity index (χ0v) is 12.2. The number of rotatable bonds is 5. The molecule has 2 aromatic carbocycles. The maximum atomic E-state index is 6.15. The molecule has 102 valence electrons. The highest BCUT2D eigenvalue weighted by atomic mass is 35.5. The molecule has 2 nitrogen and oxygen atoms in total. The van der Waals surface area contributed by atoms with E-state index >= 15 is 0 Å². The van der Waals surface area contributed by atoms with Crippen molar-refractivity contribution in [3.8, 4) is 18.1 Å². The summed E-state index contributed by atoms with van der Waals surface area (Å²) in [6, 6.07) is 13.5. The van der Waals surface area contributed by atoms with Gasteiger partial charge in [0, 0.05) is 12.2 Å². The summed E-state index contributed by atoms with van der Waals surface area (Å²) in [4.78, 5) is 0. The van der Waals surface area contributed by atoms with E-state index in [-0.39, 0.29) is 6.61 Å². The molecular formula is C16H13Cl2NO. The average molecular weight is 306 g/mol. The summed E-state index contributed by atoms with van der Waals surface area (Å²) in [5.41, 5.74) is 2.00. The van der Waals surface area contributed by atoms with Crippen LogP contribution in [0.3, 0.4) is 0 Å². The van der Waals surface area contributed by atoms with Crippen LogP contribution in [0.4, 0.5) is 5.69 Å². The second-order valence-electron chi connectivity index (χ2n) is 4.10. The van der Waals surface area contributed by atoms with Crippen LogP contribution in [0.5, 0.6) is 5.75 Å². The van der Waals surface area contributed by atoms with Gasteiger partial charge in [0.25, 0.3) is 0 Å². The van der Waals surface area contributed by atoms with E-state index in [0.717, 1.165) is 11.3 Å². The molecule has 20 heavy (non-hydrogen) atoms. The molecule has 0 spiro atoms. The summed E-state index contributed by atoms with van der Waals surface area (Å²) in [6.45, 7) is 0.764. The Hall–Kier alpha value is -1.82. The molecule has 0 aliphatic rings. The first-order valence-electron chi connectivity index (χ1n) is 6.04. The van der Waals surface area contributed by atoms with Gasteiger partial charge in [-0.3, -0.25) is 0 Å². The van der Waals surface area contributed by atoms with Crippen LogP contribution in [0, 0.1) is 12.3 Å². The largest absolute Gasteiger partial charge is 0.478 e. The van der Waals surface area contributed by atoms with Crippen molar-refractivity contribution in [3.63, 3.8) is 0 Å². The standard InChI is InChI=1S/C16H13Cl2NO/c1-2-8-20-16-14(17)9-12(10-15(16)18)11-19-13-6-4-3-5-7-13/h1,3-7,9-10,19H,8,11H2. The third-order valence-electron chi connectivity index (χ3n) is 2.63. The third-order valence-corrected chi connectivity index (χ3v) is 3.19. The molecule has 0 bridgehead atoms. The minimum absolute atomic E-state index is 0.140. The van der Waals surface area contributed by atoms with Crippen molar-refractivity contribution in [1.29, 1.82) is 0 Å². The molecule has 1 N–H and O–H groups in total. The van der Waals surface area contributed by atoms with Gasteiger partial charge >= 0.3 is 0 Å². The number of terminal acetylenes is 1. The lowest BCUT2D eigenvalue weighted by Crippen LogP contribution is -2.01. The minimum atomic E-state index is 0.140. The third kappa shape index (κ3) is 3.84. The molecule has 0 aromatic heterocycles. The molecule has 0 aliphatic carbocycles. The fourth-order valence-corrected chi connectivity index (χ4v) is 2.37. The zero-order valence-electron chi connectivity index (χ0n) is 10.7. The molecule has 0 saturated carbocycles. The van der Waals surface area contributed by atoms with E-state index in [1.165, 1.54) is 0 Å². The Morgan fingerprint density at radius 2 is 1.75 bits per heavy atom. The second-order valence-corrected chi connectivity index (χ2v) is 4.92. The number of hydrogen-bond acceptors (Lipinski definition) is 2. The van der Waals surface area contributed by atoms with Gasteiger partial charge in [0.1, 0.15) is 6.61 Å². The fraction of sp³-hybridized carbons (Fsp3) is 0.125. The van der Waals surface area contributed by atoms with Crippen molar-refractivity contribution in [2.75, 3.05) is 11.9 Å². The van der Waals surface area contributed by atoms with E-state index in [0.29, 0.717) is 22.3 Å². The number of hydrogen-bond donors (Lipinski definition) is 1. The Labute approximate surface area is 128 Å². The van der Waals surface area contributed by atoms with Crippen molar-refractivity contribution >= 4 is 28.9 Å². The van der Waals surface area contributed by atoms with Gasteiger partial charge in [-0.25, -0.2) is 0 Å². The Morgan fingerprint density at radius 3 is 2.35 bits per heavy atom. The number of anilines is 1. The predicted octanol–water partition coefficient (Wildman–Crippen LogP) is 4.62. The van der Waals surface area contributed by atoms with Gasteiger partial charge in [-0.2, -0.15) is 0 Å². The molecule has 4 heteroatoms. The van der Waals surface area contributed by atoms with Crippen LogP contribution in [0.25, 0.3) is 0 Å². The van der Waals surface area contributed by atoms with Crippen LogP contribution >= 0.6 is 23.2 Å². The summed E-state index contributed by atoms with van der Waals surface area (Å²) >= 11 is 12.3. The normalized spacial score (nSPS) is 9.85. The van der Waals surface area contributed by atoms with Gasteiger partial charge in [0.15, 0.2) is 5.75 Å². The van der Waals surface area contributed by atoms with Crippen molar-refractivity contribution in [2.45, 2.75) is 6.54 Å². The monoisotopic (exact) mass is 305 g/mol. The van der Waals surface area contributed by atoms with Gasteiger partial charge in [0.05, 0.1) is 10.0 Å². The van der Waals surface area contributed by atoms with Gasteiger partial charge < -0.3 is 10.1 Å². The van der Waals surface area contributed by atoms with Gasteiger partial charge in [-0.15, -0.1) is 6.42 Å². The highest BCUT2D eigenvalue weighted by Gasteiger charge is 2.09. The van der Waals surface area contributed by atoms with E-state index in [4.69, 9.17) is 34.4 Å². The first-order valence-corrected chi connectivity index (χ1v) is 6.79. The Balaban J connectivity index is 2.08. The Kier molecular flexibility index (Phi) is 5.17. The van der Waals surface area contributed by atoms with Crippen molar-refractivity contribution < 1.29 is 4.74 Å². The smallest absolute Gasteiger partial charge is 0.157 e. The SMILES string of the molecule is C#CCOc1c(Cl)cc(CNc2ccccc2)cc1Cl. The first-order chi connectivity index (χ1) is 9.70. The van der Waals surface area contributed by atoms with Crippen LogP contribution in [0.1, 0.15) is 5.56 Å². The Morgan fingerprint density at radius 1 is 1.10 bits per heavy atom. The molecule has 0 radical (unpaired) electrons. The molecule has 0 fully saturated rings. The van der Waals surface area contributed by atoms with E-state index < -0.39 is 0 Å². The van der Waals surface area contributed by atoms with Crippen LogP contribution in [-0.4, -0.2) is 6.61 Å². The second kappa shape index (κ2) is 7.09. The molecular weight excluding hydrogens is 293 g/mol. The van der Waals surface area contributed by atoms with Gasteiger partial charge in [-0.1, -0.05) is 47.3 Å². The maximum absolute atomic E-state index is 6.15. The molecule has 0 amide bonds. The first kappa shape index (κ1) is 14.6. The zero-order chi connectivity index (χ0) is 14.4. The lowest BCUT2D eigenvalue weighted by Gasteiger charge is -2.11. The predicted molar refractivity (Wildman–Crippen MR) is 84.6 cm³/mol. The summed E-state index contributed by atoms with van der Waals surface area (Å²) in [5.74, 6) is 2.81. The van der Waals surface area contributed by atoms with Crippen LogP contribution in [-0.2, 0) is 6.54 Å². The number of para-hydroxylation sites is 1. The number of halogens is 2. The molecule has 0 heterocycles. The lowest BCUT2D eigenvalue weighted by atomic mass is 10.2. The molecule has 0 atom stereocenters. The van der Waals surface area contributed by atoms with Crippen LogP contribution < -0.4 is 10.1 Å². The van der Waals surface area contributed by atoms with Crippen LogP contribution in [0.2, 0.25) is 10.0 Å². The van der Waals surface area contributed by atoms with E-state index in [2.05, 4.69) is 11.2 Å². The minimum Gasteiger partial charge on any atom is -0.478 e. The van der Waals surface area contributed by atoms with Crippen molar-refractivity contribution in [2.24, 2.45) is 0 Å². The quantitative estimate of drug-likeness (QED) is 0.814. The molecule has 0 aliphatic heterocycles. The maximum Gasteiger partial charge on any atom is 0.157 e. The molecule has 0 unspecified atom stereocenters. The molecule has 0 saturated heterocycles. The highest BCUT2D eigenvalue weighted by molar-refractivity contribution is 6.37. The van der Waals surface area contributed by atoms with Crippen molar-refractivity contribution in [1.82, 2.24) is 0 Å². The van der Waals surface area contributed by atoms with E-state index in [1.807, 2.05) is 42.5 Å². The lowest BCUT2D eigenvalue weighted by molar-refractivity contribution is 0.371. The van der Waals surface area contributed by atoms with Gasteiger partial charge in [0.2, 0.25) is 0 Å². The summed E-state index contributed by atoms with van der Waals surface area (Å²) in [7, 11) is 0. The number of ether oxygens (including phenoxy) is 1. The molecule has 2 aromatic rings. The summed E-state index contributed by atoms with van der Waals surface area (Å²) in [5, 5.41) is 4.20. The Bertz CT molecular complexity index is 597. The summed E-state index contributed by atoms with van der Waals surface area (Å²) in [6.07, 6.45) is 5.15. The van der Waals surface area contributed by atoms with Crippen LogP contribution in [0.15, 0.2) is 42.5 Å². The van der Waals surface area contributed by atoms with E-state index in [9.17, 15) is 0 Å². The van der Waals surface area contributed by atoms with E-state index in [1.54, 1.807) is 0 Å².